The van der Waals surface area contributed by atoms with E-state index in [0.29, 0.717) is 6.04 Å². The standard InChI is InChI=1S/C14H22F2N2O2/c1-3-12(4-2)18-7-5-11(17-18)9-13(19)6-8-20-10-14(15)16/h5,7,12,14H,3-4,6,8-10H2,1-2H3. The van der Waals surface area contributed by atoms with Crippen LogP contribution < -0.4 is 0 Å². The van der Waals surface area contributed by atoms with E-state index in [1.54, 1.807) is 0 Å². The quantitative estimate of drug-likeness (QED) is 0.622. The minimum Gasteiger partial charge on any atom is -0.375 e. The molecule has 0 bridgehead atoms. The van der Waals surface area contributed by atoms with Crippen molar-refractivity contribution in [1.29, 1.82) is 0 Å². The number of hydrogen-bond donors (Lipinski definition) is 0. The normalized spacial score (nSPS) is 11.5. The van der Waals surface area contributed by atoms with Crippen molar-refractivity contribution in [2.24, 2.45) is 0 Å². The lowest BCUT2D eigenvalue weighted by molar-refractivity contribution is -0.120. The summed E-state index contributed by atoms with van der Waals surface area (Å²) in [5.74, 6) is -0.0472. The molecule has 0 aliphatic carbocycles. The molecule has 1 rings (SSSR count). The van der Waals surface area contributed by atoms with Gasteiger partial charge in [0.2, 0.25) is 0 Å². The summed E-state index contributed by atoms with van der Waals surface area (Å²) in [7, 11) is 0. The first-order valence-corrected chi connectivity index (χ1v) is 6.98. The fourth-order valence-corrected chi connectivity index (χ4v) is 1.99. The second-order valence-electron chi connectivity index (χ2n) is 4.69. The van der Waals surface area contributed by atoms with Crippen LogP contribution in [0.15, 0.2) is 12.3 Å². The van der Waals surface area contributed by atoms with Crippen LogP contribution in [0.25, 0.3) is 0 Å². The Hall–Kier alpha value is -1.30. The van der Waals surface area contributed by atoms with Crippen LogP contribution in [0.5, 0.6) is 0 Å². The Kier molecular flexibility index (Phi) is 7.36. The highest BCUT2D eigenvalue weighted by molar-refractivity contribution is 5.80. The van der Waals surface area contributed by atoms with Gasteiger partial charge >= 0.3 is 0 Å². The third-order valence-corrected chi connectivity index (χ3v) is 3.13. The molecule has 4 nitrogen and oxygen atoms in total. The monoisotopic (exact) mass is 288 g/mol. The Bertz CT molecular complexity index is 404. The molecule has 0 saturated carbocycles. The number of carbonyl (C=O) groups excluding carboxylic acids is 1. The number of carbonyl (C=O) groups is 1. The summed E-state index contributed by atoms with van der Waals surface area (Å²) in [6, 6.07) is 2.18. The van der Waals surface area contributed by atoms with Gasteiger partial charge in [-0.1, -0.05) is 13.8 Å². The average molecular weight is 288 g/mol. The van der Waals surface area contributed by atoms with Gasteiger partial charge in [0.1, 0.15) is 12.4 Å². The second-order valence-corrected chi connectivity index (χ2v) is 4.69. The van der Waals surface area contributed by atoms with Gasteiger partial charge in [0.15, 0.2) is 0 Å². The largest absolute Gasteiger partial charge is 0.375 e. The number of ether oxygens (including phenoxy) is 1. The molecule has 114 valence electrons. The van der Waals surface area contributed by atoms with Gasteiger partial charge in [-0.3, -0.25) is 9.48 Å². The van der Waals surface area contributed by atoms with Crippen molar-refractivity contribution < 1.29 is 18.3 Å². The maximum absolute atomic E-state index is 11.8. The Balaban J connectivity index is 2.35. The lowest BCUT2D eigenvalue weighted by atomic mass is 10.2. The van der Waals surface area contributed by atoms with Crippen LogP contribution in [0.1, 0.15) is 44.8 Å². The smallest absolute Gasteiger partial charge is 0.261 e. The summed E-state index contributed by atoms with van der Waals surface area (Å²) >= 11 is 0. The van der Waals surface area contributed by atoms with Crippen molar-refractivity contribution >= 4 is 5.78 Å². The molecule has 0 fully saturated rings. The number of rotatable bonds is 10. The summed E-state index contributed by atoms with van der Waals surface area (Å²) in [5, 5.41) is 4.38. The van der Waals surface area contributed by atoms with Gasteiger partial charge in [-0.2, -0.15) is 5.10 Å². The van der Waals surface area contributed by atoms with E-state index in [4.69, 9.17) is 0 Å². The Labute approximate surface area is 118 Å². The number of ketones is 1. The number of Topliss-reactive ketones (excluding diaryl/α,β-unsaturated/α-hetero) is 1. The van der Waals surface area contributed by atoms with E-state index in [0.717, 1.165) is 18.5 Å². The number of alkyl halides is 2. The van der Waals surface area contributed by atoms with Crippen molar-refractivity contribution in [2.45, 2.75) is 52.0 Å². The van der Waals surface area contributed by atoms with Crippen molar-refractivity contribution in [3.05, 3.63) is 18.0 Å². The third-order valence-electron chi connectivity index (χ3n) is 3.13. The van der Waals surface area contributed by atoms with Gasteiger partial charge < -0.3 is 4.74 Å². The van der Waals surface area contributed by atoms with E-state index < -0.39 is 13.0 Å². The van der Waals surface area contributed by atoms with Crippen LogP contribution in [0, 0.1) is 0 Å². The minimum atomic E-state index is -2.49. The maximum Gasteiger partial charge on any atom is 0.261 e. The number of halogens is 2. The molecule has 0 atom stereocenters. The minimum absolute atomic E-state index is 0.0381. The predicted molar refractivity (Wildman–Crippen MR) is 72.0 cm³/mol. The lowest BCUT2D eigenvalue weighted by Crippen LogP contribution is -2.12. The van der Waals surface area contributed by atoms with Gasteiger partial charge in [-0.15, -0.1) is 0 Å². The first kappa shape index (κ1) is 16.8. The summed E-state index contributed by atoms with van der Waals surface area (Å²) in [6.45, 7) is 3.62. The first-order chi connectivity index (χ1) is 9.56. The molecule has 0 spiro atoms. The molecule has 0 radical (unpaired) electrons. The number of hydrogen-bond acceptors (Lipinski definition) is 3. The average Bonchev–Trinajstić information content (AvgIpc) is 2.84. The Morgan fingerprint density at radius 3 is 2.70 bits per heavy atom. The second kappa shape index (κ2) is 8.79. The fourth-order valence-electron chi connectivity index (χ4n) is 1.99. The zero-order valence-electron chi connectivity index (χ0n) is 12.0. The lowest BCUT2D eigenvalue weighted by Gasteiger charge is -2.12. The van der Waals surface area contributed by atoms with E-state index in [9.17, 15) is 13.6 Å². The van der Waals surface area contributed by atoms with Crippen LogP contribution in [0.4, 0.5) is 8.78 Å². The van der Waals surface area contributed by atoms with E-state index in [-0.39, 0.29) is 25.2 Å². The summed E-state index contributed by atoms with van der Waals surface area (Å²) in [5.41, 5.74) is 0.718. The molecule has 1 aromatic rings. The molecule has 1 aromatic heterocycles. The SMILES string of the molecule is CCC(CC)n1ccc(CC(=O)CCOCC(F)F)n1. The molecule has 6 heteroatoms. The zero-order valence-corrected chi connectivity index (χ0v) is 12.0. The van der Waals surface area contributed by atoms with E-state index >= 15 is 0 Å². The number of aromatic nitrogens is 2. The van der Waals surface area contributed by atoms with Gasteiger partial charge in [0.25, 0.3) is 6.43 Å². The maximum atomic E-state index is 11.8. The number of nitrogens with zero attached hydrogens (tertiary/aromatic N) is 2. The van der Waals surface area contributed by atoms with Crippen LogP contribution in [-0.4, -0.2) is 35.2 Å². The molecular formula is C14H22F2N2O2. The van der Waals surface area contributed by atoms with E-state index in [1.165, 1.54) is 0 Å². The molecule has 0 unspecified atom stereocenters. The van der Waals surface area contributed by atoms with Gasteiger partial charge in [0.05, 0.1) is 24.8 Å². The molecule has 1 heterocycles. The third kappa shape index (κ3) is 5.77. The summed E-state index contributed by atoms with van der Waals surface area (Å²) < 4.78 is 30.2. The molecule has 0 N–H and O–H groups in total. The zero-order chi connectivity index (χ0) is 15.0. The van der Waals surface area contributed by atoms with Gasteiger partial charge in [-0.25, -0.2) is 8.78 Å². The van der Waals surface area contributed by atoms with Crippen LogP contribution in [0.2, 0.25) is 0 Å². The van der Waals surface area contributed by atoms with Crippen molar-refractivity contribution in [1.82, 2.24) is 9.78 Å². The van der Waals surface area contributed by atoms with E-state index in [2.05, 4.69) is 23.7 Å². The highest BCUT2D eigenvalue weighted by atomic mass is 19.3. The highest BCUT2D eigenvalue weighted by Gasteiger charge is 2.11. The Morgan fingerprint density at radius 1 is 1.40 bits per heavy atom. The van der Waals surface area contributed by atoms with Crippen LogP contribution in [-0.2, 0) is 16.0 Å². The summed E-state index contributed by atoms with van der Waals surface area (Å²) in [6.07, 6.45) is 1.75. The molecule has 0 aliphatic heterocycles. The first-order valence-electron chi connectivity index (χ1n) is 6.98. The predicted octanol–water partition coefficient (Wildman–Crippen LogP) is 3.03. The van der Waals surface area contributed by atoms with Crippen LogP contribution >= 0.6 is 0 Å². The van der Waals surface area contributed by atoms with Crippen molar-refractivity contribution in [3.63, 3.8) is 0 Å². The fraction of sp³-hybridized carbons (Fsp3) is 0.714. The molecule has 0 aromatic carbocycles. The van der Waals surface area contributed by atoms with Crippen LogP contribution in [0.3, 0.4) is 0 Å². The molecular weight excluding hydrogens is 266 g/mol. The van der Waals surface area contributed by atoms with Crippen molar-refractivity contribution in [2.75, 3.05) is 13.2 Å². The molecule has 20 heavy (non-hydrogen) atoms. The molecule has 0 amide bonds. The molecule has 0 saturated heterocycles. The topological polar surface area (TPSA) is 44.1 Å². The van der Waals surface area contributed by atoms with Crippen molar-refractivity contribution in [3.8, 4) is 0 Å². The van der Waals surface area contributed by atoms with Gasteiger partial charge in [-0.05, 0) is 18.9 Å². The van der Waals surface area contributed by atoms with Gasteiger partial charge in [0, 0.05) is 12.6 Å². The van der Waals surface area contributed by atoms with E-state index in [1.807, 2.05) is 16.9 Å². The summed E-state index contributed by atoms with van der Waals surface area (Å²) in [4.78, 5) is 11.7. The molecule has 0 aliphatic rings. The Morgan fingerprint density at radius 2 is 2.10 bits per heavy atom. The highest BCUT2D eigenvalue weighted by Crippen LogP contribution is 2.14.